The molecule has 6 nitrogen and oxygen atoms in total. The Morgan fingerprint density at radius 2 is 2.05 bits per heavy atom. The van der Waals surface area contributed by atoms with Crippen molar-refractivity contribution in [3.63, 3.8) is 0 Å². The number of amides is 2. The highest BCUT2D eigenvalue weighted by molar-refractivity contribution is 5.88. The fourth-order valence-electron chi connectivity index (χ4n) is 3.34. The zero-order valence-corrected chi connectivity index (χ0v) is 12.3. The van der Waals surface area contributed by atoms with Crippen LogP contribution >= 0.6 is 0 Å². The number of rotatable bonds is 2. The third-order valence-corrected chi connectivity index (χ3v) is 4.29. The van der Waals surface area contributed by atoms with Crippen molar-refractivity contribution in [1.82, 2.24) is 10.2 Å². The Kier molecular flexibility index (Phi) is 4.99. The topological polar surface area (TPSA) is 84.7 Å². The van der Waals surface area contributed by atoms with Crippen molar-refractivity contribution in [3.8, 4) is 0 Å². The van der Waals surface area contributed by atoms with Gasteiger partial charge in [0, 0.05) is 25.6 Å². The maximum Gasteiger partial charge on any atom is 0.244 e. The Labute approximate surface area is 120 Å². The summed E-state index contributed by atoms with van der Waals surface area (Å²) in [6.45, 7) is 3.39. The van der Waals surface area contributed by atoms with Gasteiger partial charge in [-0.2, -0.15) is 0 Å². The lowest BCUT2D eigenvalue weighted by atomic mass is 9.79. The second kappa shape index (κ2) is 6.54. The first-order valence-corrected chi connectivity index (χ1v) is 7.38. The van der Waals surface area contributed by atoms with E-state index in [1.807, 2.05) is 0 Å². The van der Waals surface area contributed by atoms with Gasteiger partial charge in [0.15, 0.2) is 0 Å². The van der Waals surface area contributed by atoms with E-state index in [1.165, 1.54) is 0 Å². The van der Waals surface area contributed by atoms with E-state index in [0.29, 0.717) is 19.1 Å². The van der Waals surface area contributed by atoms with E-state index in [1.54, 1.807) is 11.9 Å². The van der Waals surface area contributed by atoms with Crippen LogP contribution in [0.1, 0.15) is 26.2 Å². The highest BCUT2D eigenvalue weighted by Gasteiger charge is 2.38. The normalized spacial score (nSPS) is 34.6. The van der Waals surface area contributed by atoms with Gasteiger partial charge in [0.1, 0.15) is 6.04 Å². The minimum absolute atomic E-state index is 0.0565. The average Bonchev–Trinajstić information content (AvgIpc) is 2.44. The molecule has 2 amide bonds. The zero-order valence-electron chi connectivity index (χ0n) is 12.3. The van der Waals surface area contributed by atoms with Crippen LogP contribution in [0.3, 0.4) is 0 Å². The Balaban J connectivity index is 2.07. The second-order valence-corrected chi connectivity index (χ2v) is 6.01. The number of hydrogen-bond donors (Lipinski definition) is 2. The van der Waals surface area contributed by atoms with E-state index in [9.17, 15) is 9.59 Å². The summed E-state index contributed by atoms with van der Waals surface area (Å²) < 4.78 is 5.34. The van der Waals surface area contributed by atoms with Crippen LogP contribution in [-0.4, -0.2) is 55.6 Å². The lowest BCUT2D eigenvalue weighted by Crippen LogP contribution is -2.57. The summed E-state index contributed by atoms with van der Waals surface area (Å²) in [7, 11) is 1.58. The first-order valence-electron chi connectivity index (χ1n) is 7.38. The number of likely N-dealkylation sites (N-methyl/N-ethyl adjacent to an activating group) is 1. The van der Waals surface area contributed by atoms with Crippen LogP contribution < -0.4 is 11.1 Å². The summed E-state index contributed by atoms with van der Waals surface area (Å²) in [6.07, 6.45) is 2.57. The highest BCUT2D eigenvalue weighted by Crippen LogP contribution is 2.30. The summed E-state index contributed by atoms with van der Waals surface area (Å²) in [4.78, 5) is 26.3. The fourth-order valence-corrected chi connectivity index (χ4v) is 3.34. The average molecular weight is 283 g/mol. The number of morpholine rings is 1. The third-order valence-electron chi connectivity index (χ3n) is 4.29. The summed E-state index contributed by atoms with van der Waals surface area (Å²) in [5, 5.41) is 2.60. The van der Waals surface area contributed by atoms with E-state index in [0.717, 1.165) is 19.3 Å². The van der Waals surface area contributed by atoms with Crippen LogP contribution in [0.25, 0.3) is 0 Å². The number of nitrogens with zero attached hydrogens (tertiary/aromatic N) is 1. The Morgan fingerprint density at radius 3 is 2.70 bits per heavy atom. The Hall–Kier alpha value is -1.14. The molecule has 2 aliphatic rings. The molecule has 1 heterocycles. The number of ether oxygens (including phenoxy) is 1. The first-order chi connectivity index (χ1) is 9.52. The van der Waals surface area contributed by atoms with E-state index in [-0.39, 0.29) is 30.4 Å². The van der Waals surface area contributed by atoms with Gasteiger partial charge in [0.05, 0.1) is 13.2 Å². The van der Waals surface area contributed by atoms with Gasteiger partial charge in [-0.15, -0.1) is 0 Å². The van der Waals surface area contributed by atoms with E-state index in [4.69, 9.17) is 10.5 Å². The predicted octanol–water partition coefficient (Wildman–Crippen LogP) is -0.277. The highest BCUT2D eigenvalue weighted by atomic mass is 16.5. The quantitative estimate of drug-likeness (QED) is 0.730. The minimum Gasteiger partial charge on any atom is -0.377 e. The van der Waals surface area contributed by atoms with Gasteiger partial charge < -0.3 is 20.7 Å². The largest absolute Gasteiger partial charge is 0.377 e. The van der Waals surface area contributed by atoms with Crippen molar-refractivity contribution in [2.24, 2.45) is 17.6 Å². The molecule has 4 atom stereocenters. The summed E-state index contributed by atoms with van der Waals surface area (Å²) >= 11 is 0. The van der Waals surface area contributed by atoms with Crippen LogP contribution in [0.4, 0.5) is 0 Å². The summed E-state index contributed by atoms with van der Waals surface area (Å²) in [5.74, 6) is 0.307. The minimum atomic E-state index is -0.505. The monoisotopic (exact) mass is 283 g/mol. The smallest absolute Gasteiger partial charge is 0.244 e. The molecule has 0 spiro atoms. The fraction of sp³-hybridized carbons (Fsp3) is 0.857. The van der Waals surface area contributed by atoms with Crippen LogP contribution in [0, 0.1) is 11.8 Å². The molecule has 1 saturated heterocycles. The predicted molar refractivity (Wildman–Crippen MR) is 74.9 cm³/mol. The molecule has 0 aromatic carbocycles. The van der Waals surface area contributed by atoms with Gasteiger partial charge in [-0.25, -0.2) is 0 Å². The van der Waals surface area contributed by atoms with E-state index >= 15 is 0 Å². The maximum atomic E-state index is 12.7. The molecule has 3 N–H and O–H groups in total. The molecule has 1 aliphatic carbocycles. The Morgan fingerprint density at radius 1 is 1.30 bits per heavy atom. The molecule has 0 bridgehead atoms. The molecule has 114 valence electrons. The molecule has 2 rings (SSSR count). The lowest BCUT2D eigenvalue weighted by Gasteiger charge is -2.39. The lowest BCUT2D eigenvalue weighted by molar-refractivity contribution is -0.152. The van der Waals surface area contributed by atoms with Crippen LogP contribution in [-0.2, 0) is 14.3 Å². The van der Waals surface area contributed by atoms with Crippen LogP contribution in [0.15, 0.2) is 0 Å². The number of hydrogen-bond acceptors (Lipinski definition) is 4. The molecule has 1 aliphatic heterocycles. The van der Waals surface area contributed by atoms with Crippen molar-refractivity contribution < 1.29 is 14.3 Å². The molecule has 20 heavy (non-hydrogen) atoms. The van der Waals surface area contributed by atoms with E-state index in [2.05, 4.69) is 12.2 Å². The SMILES string of the molecule is CNC(=O)C1COCCN1C(=O)C1CC(C)CC(N)C1. The van der Waals surface area contributed by atoms with Crippen molar-refractivity contribution in [2.75, 3.05) is 26.8 Å². The van der Waals surface area contributed by atoms with Gasteiger partial charge in [-0.1, -0.05) is 6.92 Å². The van der Waals surface area contributed by atoms with Gasteiger partial charge >= 0.3 is 0 Å². The summed E-state index contributed by atoms with van der Waals surface area (Å²) in [6, 6.07) is -0.415. The zero-order chi connectivity index (χ0) is 14.7. The molecular formula is C14H25N3O3. The van der Waals surface area contributed by atoms with Crippen molar-refractivity contribution >= 4 is 11.8 Å². The molecule has 0 aromatic rings. The molecule has 1 saturated carbocycles. The van der Waals surface area contributed by atoms with Crippen molar-refractivity contribution in [1.29, 1.82) is 0 Å². The van der Waals surface area contributed by atoms with E-state index < -0.39 is 6.04 Å². The van der Waals surface area contributed by atoms with Crippen molar-refractivity contribution in [3.05, 3.63) is 0 Å². The number of nitrogens with two attached hydrogens (primary N) is 1. The van der Waals surface area contributed by atoms with Crippen LogP contribution in [0.2, 0.25) is 0 Å². The summed E-state index contributed by atoms with van der Waals surface area (Å²) in [5.41, 5.74) is 6.03. The molecule has 0 radical (unpaired) electrons. The standard InChI is InChI=1S/C14H25N3O3/c1-9-5-10(7-11(15)6-9)14(19)17-3-4-20-8-12(17)13(18)16-2/h9-12H,3-8,15H2,1-2H3,(H,16,18). The third kappa shape index (κ3) is 3.30. The molecule has 6 heteroatoms. The second-order valence-electron chi connectivity index (χ2n) is 6.01. The molecule has 2 fully saturated rings. The van der Waals surface area contributed by atoms with Crippen LogP contribution in [0.5, 0.6) is 0 Å². The first kappa shape index (κ1) is 15.3. The van der Waals surface area contributed by atoms with Gasteiger partial charge in [0.2, 0.25) is 11.8 Å². The molecule has 0 aromatic heterocycles. The van der Waals surface area contributed by atoms with Gasteiger partial charge in [-0.05, 0) is 25.2 Å². The number of nitrogens with one attached hydrogen (secondary N) is 1. The Bertz CT molecular complexity index is 365. The molecular weight excluding hydrogens is 258 g/mol. The van der Waals surface area contributed by atoms with Crippen molar-refractivity contribution in [2.45, 2.75) is 38.3 Å². The van der Waals surface area contributed by atoms with Gasteiger partial charge in [-0.3, -0.25) is 9.59 Å². The number of carbonyl (C=O) groups is 2. The van der Waals surface area contributed by atoms with Gasteiger partial charge in [0.25, 0.3) is 0 Å². The molecule has 4 unspecified atom stereocenters. The maximum absolute atomic E-state index is 12.7. The number of carbonyl (C=O) groups excluding carboxylic acids is 2.